The fourth-order valence-corrected chi connectivity index (χ4v) is 1.78. The van der Waals surface area contributed by atoms with Crippen molar-refractivity contribution in [3.8, 4) is 0 Å². The first-order chi connectivity index (χ1) is 7.09. The minimum absolute atomic E-state index is 0.544. The molecule has 0 aliphatic heterocycles. The molecule has 0 radical (unpaired) electrons. The van der Waals surface area contributed by atoms with Crippen molar-refractivity contribution in [2.75, 3.05) is 0 Å². The Kier molecular flexibility index (Phi) is 2.51. The predicted molar refractivity (Wildman–Crippen MR) is 63.2 cm³/mol. The van der Waals surface area contributed by atoms with Crippen LogP contribution >= 0.6 is 0 Å². The second kappa shape index (κ2) is 3.69. The van der Waals surface area contributed by atoms with Gasteiger partial charge in [0.25, 0.3) is 0 Å². The molecule has 2 heteroatoms. The summed E-state index contributed by atoms with van der Waals surface area (Å²) in [5.41, 5.74) is 3.62. The SMILES string of the molecule is Cc1ccn2c(C(C)C(C)C)cnc2c1. The number of nitrogens with zero attached hydrogens (tertiary/aromatic N) is 2. The molecule has 15 heavy (non-hydrogen) atoms. The lowest BCUT2D eigenvalue weighted by Crippen LogP contribution is -2.05. The second-order valence-electron chi connectivity index (χ2n) is 4.65. The Bertz CT molecular complexity index is 468. The molecule has 0 amide bonds. The minimum atomic E-state index is 0.544. The molecule has 2 aromatic heterocycles. The van der Waals surface area contributed by atoms with Crippen molar-refractivity contribution < 1.29 is 0 Å². The summed E-state index contributed by atoms with van der Waals surface area (Å²) in [5, 5.41) is 0. The number of aromatic nitrogens is 2. The van der Waals surface area contributed by atoms with Gasteiger partial charge in [0.2, 0.25) is 0 Å². The van der Waals surface area contributed by atoms with Crippen molar-refractivity contribution >= 4 is 5.65 Å². The maximum absolute atomic E-state index is 4.45. The van der Waals surface area contributed by atoms with Crippen molar-refractivity contribution in [1.29, 1.82) is 0 Å². The highest BCUT2D eigenvalue weighted by atomic mass is 15.0. The van der Waals surface area contributed by atoms with Crippen LogP contribution in [0, 0.1) is 12.8 Å². The molecule has 2 aromatic rings. The molecule has 2 heterocycles. The molecule has 0 saturated heterocycles. The Morgan fingerprint density at radius 3 is 2.67 bits per heavy atom. The van der Waals surface area contributed by atoms with E-state index in [0.717, 1.165) is 5.65 Å². The number of fused-ring (bicyclic) bond motifs is 1. The molecule has 0 N–H and O–H groups in total. The van der Waals surface area contributed by atoms with E-state index in [2.05, 4.69) is 55.4 Å². The topological polar surface area (TPSA) is 17.3 Å². The average molecular weight is 202 g/mol. The lowest BCUT2D eigenvalue weighted by molar-refractivity contribution is 0.520. The summed E-state index contributed by atoms with van der Waals surface area (Å²) in [4.78, 5) is 4.45. The van der Waals surface area contributed by atoms with Crippen molar-refractivity contribution in [2.45, 2.75) is 33.6 Å². The van der Waals surface area contributed by atoms with Gasteiger partial charge in [-0.25, -0.2) is 4.98 Å². The van der Waals surface area contributed by atoms with Gasteiger partial charge in [0.05, 0.1) is 0 Å². The molecule has 1 unspecified atom stereocenters. The maximum atomic E-state index is 4.45. The standard InChI is InChI=1S/C13H18N2/c1-9(2)11(4)12-8-14-13-7-10(3)5-6-15(12)13/h5-9,11H,1-4H3. The first kappa shape index (κ1) is 10.2. The third kappa shape index (κ3) is 1.76. The van der Waals surface area contributed by atoms with Crippen molar-refractivity contribution in [2.24, 2.45) is 5.92 Å². The van der Waals surface area contributed by atoms with E-state index in [9.17, 15) is 0 Å². The number of imidazole rings is 1. The number of pyridine rings is 1. The van der Waals surface area contributed by atoms with E-state index in [1.165, 1.54) is 11.3 Å². The molecule has 2 rings (SSSR count). The molecule has 0 bridgehead atoms. The van der Waals surface area contributed by atoms with E-state index in [4.69, 9.17) is 0 Å². The lowest BCUT2D eigenvalue weighted by Gasteiger charge is -2.14. The molecule has 0 aliphatic rings. The fraction of sp³-hybridized carbons (Fsp3) is 0.462. The first-order valence-corrected chi connectivity index (χ1v) is 5.53. The summed E-state index contributed by atoms with van der Waals surface area (Å²) < 4.78 is 2.19. The minimum Gasteiger partial charge on any atom is -0.304 e. The van der Waals surface area contributed by atoms with E-state index >= 15 is 0 Å². The van der Waals surface area contributed by atoms with Crippen LogP contribution in [-0.2, 0) is 0 Å². The average Bonchev–Trinajstić information content (AvgIpc) is 2.59. The van der Waals surface area contributed by atoms with Gasteiger partial charge in [-0.05, 0) is 30.5 Å². The Morgan fingerprint density at radius 2 is 2.00 bits per heavy atom. The molecule has 0 aliphatic carbocycles. The Hall–Kier alpha value is -1.31. The third-order valence-corrected chi connectivity index (χ3v) is 3.16. The number of aryl methyl sites for hydroxylation is 1. The predicted octanol–water partition coefficient (Wildman–Crippen LogP) is 3.40. The van der Waals surface area contributed by atoms with Crippen molar-refractivity contribution in [3.05, 3.63) is 35.8 Å². The summed E-state index contributed by atoms with van der Waals surface area (Å²) in [6, 6.07) is 4.25. The van der Waals surface area contributed by atoms with Gasteiger partial charge in [-0.1, -0.05) is 20.8 Å². The van der Waals surface area contributed by atoms with Gasteiger partial charge in [-0.15, -0.1) is 0 Å². The largest absolute Gasteiger partial charge is 0.304 e. The van der Waals surface area contributed by atoms with Gasteiger partial charge < -0.3 is 4.40 Å². The van der Waals surface area contributed by atoms with Crippen LogP contribution in [0.3, 0.4) is 0 Å². The van der Waals surface area contributed by atoms with Gasteiger partial charge in [0.15, 0.2) is 0 Å². The third-order valence-electron chi connectivity index (χ3n) is 3.16. The summed E-state index contributed by atoms with van der Waals surface area (Å²) in [6.45, 7) is 8.85. The quantitative estimate of drug-likeness (QED) is 0.729. The smallest absolute Gasteiger partial charge is 0.137 e. The van der Waals surface area contributed by atoms with Gasteiger partial charge in [-0.3, -0.25) is 0 Å². The molecule has 0 spiro atoms. The Labute approximate surface area is 91.0 Å². The molecule has 1 atom stereocenters. The van der Waals surface area contributed by atoms with Crippen LogP contribution in [0.25, 0.3) is 5.65 Å². The van der Waals surface area contributed by atoms with Crippen LogP contribution in [0.5, 0.6) is 0 Å². The van der Waals surface area contributed by atoms with Gasteiger partial charge >= 0.3 is 0 Å². The molecule has 2 nitrogen and oxygen atoms in total. The number of hydrogen-bond acceptors (Lipinski definition) is 1. The molecule has 0 aromatic carbocycles. The Morgan fingerprint density at radius 1 is 1.27 bits per heavy atom. The maximum Gasteiger partial charge on any atom is 0.137 e. The second-order valence-corrected chi connectivity index (χ2v) is 4.65. The number of rotatable bonds is 2. The molecule has 80 valence electrons. The van der Waals surface area contributed by atoms with E-state index in [1.807, 2.05) is 6.20 Å². The van der Waals surface area contributed by atoms with Crippen LogP contribution in [-0.4, -0.2) is 9.38 Å². The van der Waals surface area contributed by atoms with Crippen LogP contribution < -0.4 is 0 Å². The van der Waals surface area contributed by atoms with Gasteiger partial charge in [0, 0.05) is 24.0 Å². The zero-order valence-corrected chi connectivity index (χ0v) is 9.86. The van der Waals surface area contributed by atoms with Crippen molar-refractivity contribution in [1.82, 2.24) is 9.38 Å². The van der Waals surface area contributed by atoms with Crippen LogP contribution in [0.4, 0.5) is 0 Å². The highest BCUT2D eigenvalue weighted by molar-refractivity contribution is 5.43. The summed E-state index contributed by atoms with van der Waals surface area (Å²) >= 11 is 0. The van der Waals surface area contributed by atoms with Gasteiger partial charge in [-0.2, -0.15) is 0 Å². The van der Waals surface area contributed by atoms with E-state index in [1.54, 1.807) is 0 Å². The fourth-order valence-electron chi connectivity index (χ4n) is 1.78. The van der Waals surface area contributed by atoms with E-state index < -0.39 is 0 Å². The first-order valence-electron chi connectivity index (χ1n) is 5.53. The summed E-state index contributed by atoms with van der Waals surface area (Å²) in [7, 11) is 0. The Balaban J connectivity index is 2.54. The summed E-state index contributed by atoms with van der Waals surface area (Å²) in [6.07, 6.45) is 4.12. The molecule has 0 fully saturated rings. The van der Waals surface area contributed by atoms with E-state index in [0.29, 0.717) is 11.8 Å². The van der Waals surface area contributed by atoms with E-state index in [-0.39, 0.29) is 0 Å². The summed E-state index contributed by atoms with van der Waals surface area (Å²) in [5.74, 6) is 1.19. The monoisotopic (exact) mass is 202 g/mol. The van der Waals surface area contributed by atoms with Crippen molar-refractivity contribution in [3.63, 3.8) is 0 Å². The van der Waals surface area contributed by atoms with Crippen LogP contribution in [0.2, 0.25) is 0 Å². The molecular weight excluding hydrogens is 184 g/mol. The molecule has 0 saturated carbocycles. The van der Waals surface area contributed by atoms with Crippen LogP contribution in [0.1, 0.15) is 37.9 Å². The molecular formula is C13H18N2. The number of hydrogen-bond donors (Lipinski definition) is 0. The lowest BCUT2D eigenvalue weighted by atomic mass is 9.95. The normalized spacial score (nSPS) is 13.7. The van der Waals surface area contributed by atoms with Gasteiger partial charge in [0.1, 0.15) is 5.65 Å². The zero-order valence-electron chi connectivity index (χ0n) is 9.86. The zero-order chi connectivity index (χ0) is 11.0. The highest BCUT2D eigenvalue weighted by Gasteiger charge is 2.14. The van der Waals surface area contributed by atoms with Crippen LogP contribution in [0.15, 0.2) is 24.5 Å². The highest BCUT2D eigenvalue weighted by Crippen LogP contribution is 2.24.